The molecule has 0 fully saturated rings. The van der Waals surface area contributed by atoms with Crippen molar-refractivity contribution >= 4 is 32.7 Å². The average molecular weight is 297 g/mol. The third kappa shape index (κ3) is 3.51. The Bertz CT molecular complexity index is 372. The monoisotopic (exact) mass is 297 g/mol. The molecule has 0 bridgehead atoms. The highest BCUT2D eigenvalue weighted by atomic mass is 127. The van der Waals surface area contributed by atoms with E-state index in [9.17, 15) is 13.0 Å². The Morgan fingerprint density at radius 2 is 2.08 bits per heavy atom. The highest BCUT2D eigenvalue weighted by Crippen LogP contribution is 2.09. The van der Waals surface area contributed by atoms with Gasteiger partial charge >= 0.3 is 0 Å². The van der Waals surface area contributed by atoms with Gasteiger partial charge in [0.1, 0.15) is 0 Å². The molecule has 1 aromatic carbocycles. The smallest absolute Gasteiger partial charge is 0.0988 e. The van der Waals surface area contributed by atoms with Crippen LogP contribution in [0, 0.1) is 3.57 Å². The molecule has 0 unspecified atom stereocenters. The van der Waals surface area contributed by atoms with Gasteiger partial charge in [-0.1, -0.05) is 12.1 Å². The van der Waals surface area contributed by atoms with Gasteiger partial charge < -0.3 is 4.55 Å². The van der Waals surface area contributed by atoms with Gasteiger partial charge in [0.15, 0.2) is 0 Å². The Hall–Kier alpha value is -0.140. The molecule has 0 aliphatic rings. The summed E-state index contributed by atoms with van der Waals surface area (Å²) in [6, 6.07) is 6.86. The molecule has 0 aliphatic carbocycles. The fourth-order valence-electron chi connectivity index (χ4n) is 0.831. The van der Waals surface area contributed by atoms with Crippen molar-refractivity contribution in [1.29, 1.82) is 0 Å². The normalized spacial score (nSPS) is 11.5. The molecule has 12 heavy (non-hydrogen) atoms. The molecule has 0 N–H and O–H groups in total. The molecule has 0 radical (unpaired) electrons. The maximum absolute atomic E-state index is 10.4. The summed E-state index contributed by atoms with van der Waals surface area (Å²) in [5.74, 6) is -0.427. The van der Waals surface area contributed by atoms with Crippen LogP contribution in [0.2, 0.25) is 0 Å². The summed E-state index contributed by atoms with van der Waals surface area (Å²) in [7, 11) is -4.15. The summed E-state index contributed by atoms with van der Waals surface area (Å²) in [5, 5.41) is 0. The van der Waals surface area contributed by atoms with Gasteiger partial charge in [-0.15, -0.1) is 0 Å². The van der Waals surface area contributed by atoms with Crippen molar-refractivity contribution in [2.75, 3.05) is 0 Å². The van der Waals surface area contributed by atoms with Gasteiger partial charge in [-0.3, -0.25) is 0 Å². The lowest BCUT2D eigenvalue weighted by Gasteiger charge is -2.06. The second kappa shape index (κ2) is 3.71. The van der Waals surface area contributed by atoms with Crippen molar-refractivity contribution in [2.24, 2.45) is 0 Å². The quantitative estimate of drug-likeness (QED) is 0.611. The van der Waals surface area contributed by atoms with E-state index in [1.54, 1.807) is 18.2 Å². The van der Waals surface area contributed by atoms with Gasteiger partial charge in [-0.2, -0.15) is 0 Å². The standard InChI is InChI=1S/C7H7IO3S/c8-7-3-1-2-6(4-7)5-12(9,10)11/h1-4H,5H2,(H,9,10,11)/p-1. The van der Waals surface area contributed by atoms with Gasteiger partial charge in [-0.25, -0.2) is 8.42 Å². The molecule has 0 atom stereocenters. The van der Waals surface area contributed by atoms with Gasteiger partial charge in [0.2, 0.25) is 0 Å². The van der Waals surface area contributed by atoms with Crippen LogP contribution in [-0.4, -0.2) is 13.0 Å². The molecular formula is C7H6IO3S-. The first kappa shape index (κ1) is 9.94. The van der Waals surface area contributed by atoms with Crippen molar-refractivity contribution in [1.82, 2.24) is 0 Å². The van der Waals surface area contributed by atoms with E-state index in [1.165, 1.54) is 0 Å². The molecule has 1 rings (SSSR count). The van der Waals surface area contributed by atoms with E-state index in [1.807, 2.05) is 6.07 Å². The summed E-state index contributed by atoms with van der Waals surface area (Å²) in [6.45, 7) is 0. The Labute approximate surface area is 84.7 Å². The Morgan fingerprint density at radius 1 is 1.42 bits per heavy atom. The molecule has 0 heterocycles. The number of halogens is 1. The maximum atomic E-state index is 10.4. The van der Waals surface area contributed by atoms with Gasteiger partial charge in [-0.05, 0) is 40.3 Å². The lowest BCUT2D eigenvalue weighted by molar-refractivity contribution is 0.462. The summed E-state index contributed by atoms with van der Waals surface area (Å²) < 4.78 is 32.0. The minimum absolute atomic E-state index is 0.427. The summed E-state index contributed by atoms with van der Waals surface area (Å²) in [5.41, 5.74) is 0.539. The van der Waals surface area contributed by atoms with Crippen LogP contribution in [0.3, 0.4) is 0 Å². The number of hydrogen-bond donors (Lipinski definition) is 0. The van der Waals surface area contributed by atoms with E-state index in [0.29, 0.717) is 5.56 Å². The second-order valence-electron chi connectivity index (χ2n) is 2.33. The van der Waals surface area contributed by atoms with Crippen LogP contribution in [0.15, 0.2) is 24.3 Å². The van der Waals surface area contributed by atoms with Crippen LogP contribution in [0.25, 0.3) is 0 Å². The summed E-state index contributed by atoms with van der Waals surface area (Å²) >= 11 is 2.06. The van der Waals surface area contributed by atoms with Crippen LogP contribution >= 0.6 is 22.6 Å². The van der Waals surface area contributed by atoms with E-state index in [4.69, 9.17) is 0 Å². The fourth-order valence-corrected chi connectivity index (χ4v) is 2.03. The SMILES string of the molecule is O=S(=O)([O-])Cc1cccc(I)c1. The molecule has 0 saturated heterocycles. The Kier molecular flexibility index (Phi) is 3.08. The average Bonchev–Trinajstić information content (AvgIpc) is 1.82. The minimum Gasteiger partial charge on any atom is -0.748 e. The van der Waals surface area contributed by atoms with Crippen LogP contribution in [0.5, 0.6) is 0 Å². The predicted octanol–water partition coefficient (Wildman–Crippen LogP) is 1.34. The topological polar surface area (TPSA) is 57.2 Å². The molecule has 0 amide bonds. The first-order valence-corrected chi connectivity index (χ1v) is 5.81. The van der Waals surface area contributed by atoms with Crippen LogP contribution < -0.4 is 0 Å². The number of benzene rings is 1. The predicted molar refractivity (Wildman–Crippen MR) is 52.6 cm³/mol. The zero-order chi connectivity index (χ0) is 9.19. The molecule has 3 nitrogen and oxygen atoms in total. The minimum atomic E-state index is -4.15. The van der Waals surface area contributed by atoms with Crippen LogP contribution in [0.1, 0.15) is 5.56 Å². The van der Waals surface area contributed by atoms with Gasteiger partial charge in [0.05, 0.1) is 15.9 Å². The van der Waals surface area contributed by atoms with E-state index < -0.39 is 15.9 Å². The molecule has 1 aromatic rings. The van der Waals surface area contributed by atoms with Gasteiger partial charge in [0, 0.05) is 3.57 Å². The maximum Gasteiger partial charge on any atom is 0.0988 e. The largest absolute Gasteiger partial charge is 0.748 e. The number of hydrogen-bond acceptors (Lipinski definition) is 3. The van der Waals surface area contributed by atoms with E-state index in [2.05, 4.69) is 22.6 Å². The number of rotatable bonds is 2. The molecule has 5 heteroatoms. The second-order valence-corrected chi connectivity index (χ2v) is 4.98. The molecular weight excluding hydrogens is 291 g/mol. The Balaban J connectivity index is 2.91. The molecule has 0 aliphatic heterocycles. The van der Waals surface area contributed by atoms with Crippen molar-refractivity contribution in [3.8, 4) is 0 Å². The van der Waals surface area contributed by atoms with Crippen molar-refractivity contribution in [3.05, 3.63) is 33.4 Å². The van der Waals surface area contributed by atoms with E-state index in [0.717, 1.165) is 3.57 Å². The lowest BCUT2D eigenvalue weighted by Crippen LogP contribution is -2.01. The van der Waals surface area contributed by atoms with Crippen LogP contribution in [-0.2, 0) is 15.9 Å². The van der Waals surface area contributed by atoms with Crippen molar-refractivity contribution in [2.45, 2.75) is 5.75 Å². The van der Waals surface area contributed by atoms with Crippen molar-refractivity contribution < 1.29 is 13.0 Å². The fraction of sp³-hybridized carbons (Fsp3) is 0.143. The third-order valence-corrected chi connectivity index (χ3v) is 2.59. The summed E-state index contributed by atoms with van der Waals surface area (Å²) in [6.07, 6.45) is 0. The third-order valence-electron chi connectivity index (χ3n) is 1.23. The molecule has 0 aromatic heterocycles. The lowest BCUT2D eigenvalue weighted by atomic mass is 10.2. The van der Waals surface area contributed by atoms with E-state index in [-0.39, 0.29) is 0 Å². The Morgan fingerprint density at radius 3 is 2.58 bits per heavy atom. The molecule has 0 spiro atoms. The first-order chi connectivity index (χ1) is 5.47. The highest BCUT2D eigenvalue weighted by Gasteiger charge is 1.98. The van der Waals surface area contributed by atoms with Gasteiger partial charge in [0.25, 0.3) is 0 Å². The van der Waals surface area contributed by atoms with E-state index >= 15 is 0 Å². The zero-order valence-electron chi connectivity index (χ0n) is 6.03. The summed E-state index contributed by atoms with van der Waals surface area (Å²) in [4.78, 5) is 0. The van der Waals surface area contributed by atoms with Crippen molar-refractivity contribution in [3.63, 3.8) is 0 Å². The molecule has 0 saturated carbocycles. The zero-order valence-corrected chi connectivity index (χ0v) is 9.00. The molecule has 66 valence electrons. The first-order valence-electron chi connectivity index (χ1n) is 3.15. The van der Waals surface area contributed by atoms with Crippen LogP contribution in [0.4, 0.5) is 0 Å². The highest BCUT2D eigenvalue weighted by molar-refractivity contribution is 14.1.